The van der Waals surface area contributed by atoms with Gasteiger partial charge in [-0.15, -0.1) is 0 Å². The predicted molar refractivity (Wildman–Crippen MR) is 44.1 cm³/mol. The Kier molecular flexibility index (Phi) is 3.19. The zero-order chi connectivity index (χ0) is 9.03. The van der Waals surface area contributed by atoms with E-state index in [0.29, 0.717) is 19.6 Å². The zero-order valence-electron chi connectivity index (χ0n) is 6.51. The summed E-state index contributed by atoms with van der Waals surface area (Å²) in [6.45, 7) is 0.925. The van der Waals surface area contributed by atoms with Crippen LogP contribution < -0.4 is 0 Å². The molecule has 70 valence electrons. The molecule has 1 heterocycles. The topological polar surface area (TPSA) is 76.0 Å². The van der Waals surface area contributed by atoms with Gasteiger partial charge in [-0.3, -0.25) is 9.55 Å². The number of hydrogen-bond acceptors (Lipinski definition) is 4. The molecule has 1 atom stereocenters. The molecule has 0 aromatic carbocycles. The van der Waals surface area contributed by atoms with Crippen molar-refractivity contribution >= 4 is 16.3 Å². The third-order valence-electron chi connectivity index (χ3n) is 1.53. The van der Waals surface area contributed by atoms with E-state index in [4.69, 9.17) is 9.29 Å². The second kappa shape index (κ2) is 3.97. The van der Waals surface area contributed by atoms with Crippen LogP contribution in [-0.4, -0.2) is 44.2 Å². The van der Waals surface area contributed by atoms with Gasteiger partial charge in [0.1, 0.15) is 0 Å². The molecule has 0 saturated heterocycles. The maximum atomic E-state index is 10.3. The molecule has 1 aliphatic heterocycles. The Morgan fingerprint density at radius 2 is 2.42 bits per heavy atom. The van der Waals surface area contributed by atoms with E-state index in [1.807, 2.05) is 0 Å². The Morgan fingerprint density at radius 1 is 1.67 bits per heavy atom. The molecule has 0 amide bonds. The van der Waals surface area contributed by atoms with Crippen LogP contribution in [0.2, 0.25) is 0 Å². The fraction of sp³-hybridized carbons (Fsp3) is 0.833. The highest BCUT2D eigenvalue weighted by Crippen LogP contribution is 2.03. The van der Waals surface area contributed by atoms with E-state index in [1.165, 1.54) is 0 Å². The second-order valence-electron chi connectivity index (χ2n) is 2.60. The normalized spacial score (nSPS) is 24.2. The lowest BCUT2D eigenvalue weighted by Crippen LogP contribution is -2.22. The van der Waals surface area contributed by atoms with Gasteiger partial charge >= 0.3 is 0 Å². The van der Waals surface area contributed by atoms with Crippen molar-refractivity contribution in [2.45, 2.75) is 12.5 Å². The quantitative estimate of drug-likeness (QED) is 0.626. The number of rotatable bonds is 3. The van der Waals surface area contributed by atoms with Crippen molar-refractivity contribution < 1.29 is 17.7 Å². The summed E-state index contributed by atoms with van der Waals surface area (Å²) in [4.78, 5) is 4.01. The van der Waals surface area contributed by atoms with Crippen LogP contribution in [0.1, 0.15) is 6.42 Å². The van der Waals surface area contributed by atoms with Crippen LogP contribution in [0.4, 0.5) is 0 Å². The van der Waals surface area contributed by atoms with Crippen molar-refractivity contribution in [1.82, 2.24) is 0 Å². The molecule has 1 rings (SSSR count). The average Bonchev–Trinajstić information content (AvgIpc) is 2.02. The second-order valence-corrected chi connectivity index (χ2v) is 4.17. The van der Waals surface area contributed by atoms with Crippen molar-refractivity contribution in [3.05, 3.63) is 0 Å². The molecule has 0 spiro atoms. The van der Waals surface area contributed by atoms with Gasteiger partial charge in [-0.2, -0.15) is 8.42 Å². The van der Waals surface area contributed by atoms with Gasteiger partial charge in [0.15, 0.2) is 0 Å². The fourth-order valence-corrected chi connectivity index (χ4v) is 1.50. The first kappa shape index (κ1) is 9.63. The summed E-state index contributed by atoms with van der Waals surface area (Å²) in [6, 6.07) is -0.124. The molecule has 0 bridgehead atoms. The molecule has 0 fully saturated rings. The van der Waals surface area contributed by atoms with Gasteiger partial charge < -0.3 is 4.74 Å². The summed E-state index contributed by atoms with van der Waals surface area (Å²) in [5.41, 5.74) is 0. The van der Waals surface area contributed by atoms with Crippen LogP contribution in [0.15, 0.2) is 4.99 Å². The first-order valence-corrected chi connectivity index (χ1v) is 5.23. The molecular weight excluding hydrogens is 182 g/mol. The molecule has 0 saturated carbocycles. The highest BCUT2D eigenvalue weighted by molar-refractivity contribution is 7.85. The molecule has 1 unspecified atom stereocenters. The van der Waals surface area contributed by atoms with E-state index in [-0.39, 0.29) is 11.8 Å². The van der Waals surface area contributed by atoms with Crippen LogP contribution in [0, 0.1) is 0 Å². The van der Waals surface area contributed by atoms with Crippen molar-refractivity contribution in [3.63, 3.8) is 0 Å². The van der Waals surface area contributed by atoms with E-state index in [9.17, 15) is 8.42 Å². The summed E-state index contributed by atoms with van der Waals surface area (Å²) in [7, 11) is -3.85. The molecule has 1 N–H and O–H groups in total. The van der Waals surface area contributed by atoms with E-state index < -0.39 is 10.1 Å². The van der Waals surface area contributed by atoms with Crippen molar-refractivity contribution in [2.75, 3.05) is 19.0 Å². The molecule has 0 radical (unpaired) electrons. The fourth-order valence-electron chi connectivity index (χ4n) is 0.935. The lowest BCUT2D eigenvalue weighted by molar-refractivity contribution is 0.146. The highest BCUT2D eigenvalue weighted by atomic mass is 32.2. The number of ether oxygens (including phenoxy) is 1. The van der Waals surface area contributed by atoms with E-state index in [1.54, 1.807) is 6.21 Å². The van der Waals surface area contributed by atoms with Gasteiger partial charge in [-0.25, -0.2) is 0 Å². The van der Waals surface area contributed by atoms with E-state index in [0.717, 1.165) is 0 Å². The Bertz CT molecular complexity index is 259. The summed E-state index contributed by atoms with van der Waals surface area (Å²) in [6.07, 6.45) is 1.92. The largest absolute Gasteiger partial charge is 0.374 e. The van der Waals surface area contributed by atoms with Crippen LogP contribution in [0.25, 0.3) is 0 Å². The molecule has 0 aromatic heterocycles. The van der Waals surface area contributed by atoms with E-state index in [2.05, 4.69) is 4.99 Å². The number of hydrogen-bond donors (Lipinski definition) is 1. The minimum Gasteiger partial charge on any atom is -0.374 e. The lowest BCUT2D eigenvalue weighted by Gasteiger charge is -2.14. The molecule has 0 aliphatic carbocycles. The Balaban J connectivity index is 2.32. The molecule has 6 heteroatoms. The lowest BCUT2D eigenvalue weighted by atomic mass is 10.2. The third-order valence-corrected chi connectivity index (χ3v) is 2.28. The van der Waals surface area contributed by atoms with E-state index >= 15 is 0 Å². The minimum atomic E-state index is -3.85. The molecule has 1 aliphatic rings. The Morgan fingerprint density at radius 3 is 2.92 bits per heavy atom. The maximum absolute atomic E-state index is 10.3. The first-order valence-electron chi connectivity index (χ1n) is 3.62. The van der Waals surface area contributed by atoms with Crippen LogP contribution in [-0.2, 0) is 14.9 Å². The average molecular weight is 193 g/mol. The molecular formula is C6H11NO4S. The number of nitrogens with zero attached hydrogens (tertiary/aromatic N) is 1. The Hall–Kier alpha value is -0.460. The van der Waals surface area contributed by atoms with Crippen molar-refractivity contribution in [1.29, 1.82) is 0 Å². The van der Waals surface area contributed by atoms with Crippen LogP contribution in [0.5, 0.6) is 0 Å². The van der Waals surface area contributed by atoms with Gasteiger partial charge in [0.05, 0.1) is 25.0 Å². The molecule has 5 nitrogen and oxygen atoms in total. The van der Waals surface area contributed by atoms with Gasteiger partial charge in [-0.05, 0) is 6.42 Å². The third kappa shape index (κ3) is 3.80. The maximum Gasteiger partial charge on any atom is 0.264 e. The highest BCUT2D eigenvalue weighted by Gasteiger charge is 2.13. The van der Waals surface area contributed by atoms with Gasteiger partial charge in [0.2, 0.25) is 0 Å². The van der Waals surface area contributed by atoms with Gasteiger partial charge in [-0.1, -0.05) is 0 Å². The monoisotopic (exact) mass is 193 g/mol. The minimum absolute atomic E-state index is 0.124. The van der Waals surface area contributed by atoms with Crippen molar-refractivity contribution in [2.24, 2.45) is 4.99 Å². The standard InChI is InChI=1S/C6H11NO4S/c8-12(9,10)4-1-6-5-11-3-2-7-6/h2,6H,1,3-5H2,(H,8,9,10). The SMILES string of the molecule is O=S(=O)(O)CCC1COCC=N1. The molecule has 12 heavy (non-hydrogen) atoms. The van der Waals surface area contributed by atoms with Gasteiger partial charge in [0, 0.05) is 6.21 Å². The van der Waals surface area contributed by atoms with Crippen LogP contribution >= 0.6 is 0 Å². The summed E-state index contributed by atoms with van der Waals surface area (Å²) >= 11 is 0. The number of aliphatic imine (C=N–C) groups is 1. The smallest absolute Gasteiger partial charge is 0.264 e. The van der Waals surface area contributed by atoms with Gasteiger partial charge in [0.25, 0.3) is 10.1 Å². The van der Waals surface area contributed by atoms with Crippen molar-refractivity contribution in [3.8, 4) is 0 Å². The summed E-state index contributed by atoms with van der Waals surface area (Å²) in [5, 5.41) is 0. The molecule has 0 aromatic rings. The van der Waals surface area contributed by atoms with Crippen LogP contribution in [0.3, 0.4) is 0 Å². The zero-order valence-corrected chi connectivity index (χ0v) is 7.33. The summed E-state index contributed by atoms with van der Waals surface area (Å²) < 4.78 is 34.1. The predicted octanol–water partition coefficient (Wildman–Crippen LogP) is -0.266. The Labute approximate surface area is 71.2 Å². The first-order chi connectivity index (χ1) is 5.58. The summed E-state index contributed by atoms with van der Waals surface area (Å²) in [5.74, 6) is -0.252.